The van der Waals surface area contributed by atoms with Crippen molar-refractivity contribution in [3.8, 4) is 0 Å². The fourth-order valence-electron chi connectivity index (χ4n) is 3.39. The highest BCUT2D eigenvalue weighted by molar-refractivity contribution is 7.92. The molecule has 0 atom stereocenters. The zero-order valence-corrected chi connectivity index (χ0v) is 21.1. The van der Waals surface area contributed by atoms with Gasteiger partial charge in [0.15, 0.2) is 5.78 Å². The summed E-state index contributed by atoms with van der Waals surface area (Å²) in [5.41, 5.74) is 2.65. The van der Waals surface area contributed by atoms with Crippen molar-refractivity contribution in [2.45, 2.75) is 26.2 Å². The molecular weight excluding hydrogens is 472 g/mol. The highest BCUT2D eigenvalue weighted by atomic mass is 35.5. The third-order valence-electron chi connectivity index (χ3n) is 5.23. The molecule has 0 spiro atoms. The van der Waals surface area contributed by atoms with E-state index in [1.807, 2.05) is 12.1 Å². The third-order valence-corrected chi connectivity index (χ3v) is 6.68. The largest absolute Gasteiger partial charge is 0.324 e. The van der Waals surface area contributed by atoms with Crippen molar-refractivity contribution in [2.24, 2.45) is 0 Å². The number of halogens is 1. The van der Waals surface area contributed by atoms with Crippen molar-refractivity contribution in [3.05, 3.63) is 94.5 Å². The number of sulfonamides is 1. The van der Waals surface area contributed by atoms with Crippen LogP contribution >= 0.6 is 11.6 Å². The molecule has 178 valence electrons. The fourth-order valence-corrected chi connectivity index (χ4v) is 4.55. The lowest BCUT2D eigenvalue weighted by atomic mass is 9.86. The van der Waals surface area contributed by atoms with E-state index in [-0.39, 0.29) is 21.9 Å². The minimum Gasteiger partial charge on any atom is -0.324 e. The molecule has 0 aromatic heterocycles. The molecule has 0 heterocycles. The molecule has 3 aromatic carbocycles. The van der Waals surface area contributed by atoms with Gasteiger partial charge in [0, 0.05) is 16.8 Å². The van der Waals surface area contributed by atoms with E-state index in [4.69, 9.17) is 11.6 Å². The Balaban J connectivity index is 1.77. The summed E-state index contributed by atoms with van der Waals surface area (Å²) in [6, 6.07) is 20.4. The van der Waals surface area contributed by atoms with Crippen LogP contribution in [0, 0.1) is 0 Å². The molecular formula is C26H27ClN2O4S. The number of para-hydroxylation sites is 1. The number of nitrogens with one attached hydrogen (secondary N) is 1. The number of carbonyl (C=O) groups is 2. The lowest BCUT2D eigenvalue weighted by Crippen LogP contribution is -2.37. The van der Waals surface area contributed by atoms with Crippen molar-refractivity contribution >= 4 is 44.7 Å². The van der Waals surface area contributed by atoms with Gasteiger partial charge in [-0.15, -0.1) is 0 Å². The first-order valence-corrected chi connectivity index (χ1v) is 12.9. The molecule has 6 nitrogen and oxygen atoms in total. The molecule has 0 aliphatic carbocycles. The van der Waals surface area contributed by atoms with E-state index in [0.717, 1.165) is 16.1 Å². The molecule has 8 heteroatoms. The summed E-state index contributed by atoms with van der Waals surface area (Å²) in [4.78, 5) is 25.7. The maximum Gasteiger partial charge on any atom is 0.245 e. The van der Waals surface area contributed by atoms with Crippen LogP contribution in [0.3, 0.4) is 0 Å². The normalized spacial score (nSPS) is 11.7. The molecule has 0 aliphatic heterocycles. The first kappa shape index (κ1) is 25.5. The van der Waals surface area contributed by atoms with Crippen molar-refractivity contribution < 1.29 is 18.0 Å². The zero-order chi connectivity index (χ0) is 25.1. The average Bonchev–Trinajstić information content (AvgIpc) is 2.76. The van der Waals surface area contributed by atoms with Gasteiger partial charge in [-0.3, -0.25) is 13.9 Å². The van der Waals surface area contributed by atoms with Gasteiger partial charge in [-0.05, 0) is 35.2 Å². The Bertz CT molecular complexity index is 1310. The van der Waals surface area contributed by atoms with Gasteiger partial charge >= 0.3 is 0 Å². The number of ketones is 1. The second-order valence-corrected chi connectivity index (χ2v) is 11.3. The topological polar surface area (TPSA) is 83.6 Å². The Morgan fingerprint density at radius 3 is 2.15 bits per heavy atom. The molecule has 0 aliphatic rings. The summed E-state index contributed by atoms with van der Waals surface area (Å²) in [6.07, 6.45) is 1.01. The summed E-state index contributed by atoms with van der Waals surface area (Å²) >= 11 is 6.14. The van der Waals surface area contributed by atoms with E-state index >= 15 is 0 Å². The van der Waals surface area contributed by atoms with Crippen molar-refractivity contribution in [1.82, 2.24) is 0 Å². The van der Waals surface area contributed by atoms with E-state index < -0.39 is 22.5 Å². The van der Waals surface area contributed by atoms with Crippen molar-refractivity contribution in [1.29, 1.82) is 0 Å². The van der Waals surface area contributed by atoms with Crippen LogP contribution in [0.5, 0.6) is 0 Å². The van der Waals surface area contributed by atoms with Gasteiger partial charge in [0.25, 0.3) is 0 Å². The Kier molecular flexibility index (Phi) is 7.48. The van der Waals surface area contributed by atoms with Gasteiger partial charge in [-0.25, -0.2) is 8.42 Å². The first-order valence-electron chi connectivity index (χ1n) is 10.6. The Hall–Kier alpha value is -3.16. The van der Waals surface area contributed by atoms with E-state index in [2.05, 4.69) is 26.1 Å². The first-order chi connectivity index (χ1) is 15.9. The van der Waals surface area contributed by atoms with Gasteiger partial charge in [0.05, 0.1) is 17.0 Å². The van der Waals surface area contributed by atoms with Crippen LogP contribution in [0.4, 0.5) is 11.4 Å². The number of nitrogens with zero attached hydrogens (tertiary/aromatic N) is 1. The highest BCUT2D eigenvalue weighted by Crippen LogP contribution is 2.27. The number of hydrogen-bond donors (Lipinski definition) is 1. The second kappa shape index (κ2) is 9.99. The molecule has 3 rings (SSSR count). The third kappa shape index (κ3) is 6.24. The predicted octanol–water partition coefficient (Wildman–Crippen LogP) is 5.27. The Morgan fingerprint density at radius 2 is 1.56 bits per heavy atom. The number of rotatable bonds is 7. The number of amides is 1. The Morgan fingerprint density at radius 1 is 0.912 bits per heavy atom. The second-order valence-electron chi connectivity index (χ2n) is 9.01. The maximum absolute atomic E-state index is 13.0. The standard InChI is InChI=1S/C26H27ClN2O4S/c1-26(2,3)20-14-12-18(13-15-20)25(31)19-8-7-9-21(16-19)28-24(30)17-29(34(4,32)33)23-11-6-5-10-22(23)27/h5-16H,17H2,1-4H3,(H,28,30). The number of hydrogen-bond acceptors (Lipinski definition) is 4. The minimum absolute atomic E-state index is 0.0182. The van der Waals surface area contributed by atoms with Gasteiger partial charge in [-0.2, -0.15) is 0 Å². The minimum atomic E-state index is -3.77. The van der Waals surface area contributed by atoms with E-state index in [1.165, 1.54) is 6.07 Å². The van der Waals surface area contributed by atoms with Crippen LogP contribution in [-0.4, -0.2) is 32.9 Å². The van der Waals surface area contributed by atoms with Gasteiger partial charge in [0.2, 0.25) is 15.9 Å². The van der Waals surface area contributed by atoms with Crippen LogP contribution in [0.15, 0.2) is 72.8 Å². The molecule has 34 heavy (non-hydrogen) atoms. The fraction of sp³-hybridized carbons (Fsp3) is 0.231. The van der Waals surface area contributed by atoms with E-state index in [0.29, 0.717) is 16.8 Å². The molecule has 0 radical (unpaired) electrons. The molecule has 0 bridgehead atoms. The lowest BCUT2D eigenvalue weighted by Gasteiger charge is -2.22. The Labute approximate surface area is 205 Å². The SMILES string of the molecule is CC(C)(C)c1ccc(C(=O)c2cccc(NC(=O)CN(c3ccccc3Cl)S(C)(=O)=O)c2)cc1. The highest BCUT2D eigenvalue weighted by Gasteiger charge is 2.23. The van der Waals surface area contributed by atoms with Crippen LogP contribution in [0.2, 0.25) is 5.02 Å². The molecule has 3 aromatic rings. The van der Waals surface area contributed by atoms with Crippen molar-refractivity contribution in [3.63, 3.8) is 0 Å². The van der Waals surface area contributed by atoms with E-state index in [1.54, 1.807) is 54.6 Å². The van der Waals surface area contributed by atoms with Gasteiger partial charge in [0.1, 0.15) is 6.54 Å². The molecule has 0 fully saturated rings. The summed E-state index contributed by atoms with van der Waals surface area (Å²) in [5, 5.41) is 2.88. The summed E-state index contributed by atoms with van der Waals surface area (Å²) in [6.45, 7) is 5.85. The molecule has 0 saturated heterocycles. The van der Waals surface area contributed by atoms with Crippen LogP contribution in [-0.2, 0) is 20.2 Å². The van der Waals surface area contributed by atoms with Crippen LogP contribution < -0.4 is 9.62 Å². The summed E-state index contributed by atoms with van der Waals surface area (Å²) < 4.78 is 25.5. The van der Waals surface area contributed by atoms with E-state index in [9.17, 15) is 18.0 Å². The van der Waals surface area contributed by atoms with Crippen LogP contribution in [0.25, 0.3) is 0 Å². The van der Waals surface area contributed by atoms with Crippen LogP contribution in [0.1, 0.15) is 42.3 Å². The number of carbonyl (C=O) groups excluding carboxylic acids is 2. The number of benzene rings is 3. The zero-order valence-electron chi connectivity index (χ0n) is 19.5. The monoisotopic (exact) mass is 498 g/mol. The molecule has 1 N–H and O–H groups in total. The van der Waals surface area contributed by atoms with Gasteiger partial charge < -0.3 is 5.32 Å². The summed E-state index contributed by atoms with van der Waals surface area (Å²) in [7, 11) is -3.77. The molecule has 1 amide bonds. The molecule has 0 unspecified atom stereocenters. The van der Waals surface area contributed by atoms with Gasteiger partial charge in [-0.1, -0.05) is 80.9 Å². The summed E-state index contributed by atoms with van der Waals surface area (Å²) in [5.74, 6) is -0.741. The number of anilines is 2. The molecule has 0 saturated carbocycles. The maximum atomic E-state index is 13.0. The van der Waals surface area contributed by atoms with Crippen molar-refractivity contribution in [2.75, 3.05) is 22.4 Å². The smallest absolute Gasteiger partial charge is 0.245 e. The lowest BCUT2D eigenvalue weighted by molar-refractivity contribution is -0.114. The predicted molar refractivity (Wildman–Crippen MR) is 137 cm³/mol. The average molecular weight is 499 g/mol. The quantitative estimate of drug-likeness (QED) is 0.449.